The molecular formula is C12H11ClN2OS. The predicted octanol–water partition coefficient (Wildman–Crippen LogP) is 3.03. The summed E-state index contributed by atoms with van der Waals surface area (Å²) in [6.45, 7) is 2.55. The minimum Gasteiger partial charge on any atom is -0.346 e. The number of amides is 1. The van der Waals surface area contributed by atoms with Crippen LogP contribution < -0.4 is 5.32 Å². The molecule has 2 aromatic rings. The number of halogens is 1. The summed E-state index contributed by atoms with van der Waals surface area (Å²) in [7, 11) is 0. The molecule has 0 bridgehead atoms. The fraction of sp³-hybridized carbons (Fsp3) is 0.167. The smallest absolute Gasteiger partial charge is 0.270 e. The van der Waals surface area contributed by atoms with Crippen molar-refractivity contribution in [3.8, 4) is 0 Å². The molecule has 5 heteroatoms. The van der Waals surface area contributed by atoms with E-state index in [1.54, 1.807) is 29.5 Å². The maximum absolute atomic E-state index is 11.8. The van der Waals surface area contributed by atoms with Gasteiger partial charge in [0.05, 0.1) is 6.54 Å². The monoisotopic (exact) mass is 266 g/mol. The van der Waals surface area contributed by atoms with Crippen LogP contribution in [0.25, 0.3) is 0 Å². The maximum Gasteiger partial charge on any atom is 0.270 e. The Morgan fingerprint density at radius 3 is 2.94 bits per heavy atom. The van der Waals surface area contributed by atoms with Crippen LogP contribution in [0, 0.1) is 6.92 Å². The lowest BCUT2D eigenvalue weighted by Crippen LogP contribution is -2.23. The van der Waals surface area contributed by atoms with Crippen LogP contribution in [0.2, 0.25) is 5.15 Å². The Morgan fingerprint density at radius 2 is 2.29 bits per heavy atom. The molecule has 2 heterocycles. The normalized spacial score (nSPS) is 10.2. The van der Waals surface area contributed by atoms with Crippen molar-refractivity contribution in [1.29, 1.82) is 0 Å². The summed E-state index contributed by atoms with van der Waals surface area (Å²) in [5.41, 5.74) is 1.53. The Labute approximate surface area is 108 Å². The lowest BCUT2D eigenvalue weighted by molar-refractivity contribution is 0.0946. The van der Waals surface area contributed by atoms with E-state index in [-0.39, 0.29) is 5.91 Å². The number of aryl methyl sites for hydroxylation is 1. The van der Waals surface area contributed by atoms with Crippen LogP contribution in [0.5, 0.6) is 0 Å². The van der Waals surface area contributed by atoms with Crippen LogP contribution in [-0.2, 0) is 6.54 Å². The van der Waals surface area contributed by atoms with Crippen molar-refractivity contribution in [2.75, 3.05) is 0 Å². The maximum atomic E-state index is 11.8. The molecule has 0 radical (unpaired) electrons. The van der Waals surface area contributed by atoms with E-state index < -0.39 is 0 Å². The largest absolute Gasteiger partial charge is 0.346 e. The van der Waals surface area contributed by atoms with Crippen molar-refractivity contribution < 1.29 is 4.79 Å². The van der Waals surface area contributed by atoms with Crippen molar-refractivity contribution in [2.45, 2.75) is 13.5 Å². The number of nitrogens with one attached hydrogen (secondary N) is 1. The number of carbonyl (C=O) groups excluding carboxylic acids is 1. The molecule has 0 saturated carbocycles. The summed E-state index contributed by atoms with van der Waals surface area (Å²) in [6.07, 6.45) is 0. The standard InChI is InChI=1S/C12H11ClN2OS/c1-8-5-6-17-10(8)7-14-12(16)9-3-2-4-11(13)15-9/h2-6H,7H2,1H3,(H,14,16). The average molecular weight is 267 g/mol. The number of hydrogen-bond acceptors (Lipinski definition) is 3. The number of nitrogens with zero attached hydrogens (tertiary/aromatic N) is 1. The molecule has 0 spiro atoms. The molecule has 2 rings (SSSR count). The van der Waals surface area contributed by atoms with Crippen LogP contribution in [0.15, 0.2) is 29.6 Å². The first-order valence-corrected chi connectivity index (χ1v) is 6.36. The second-order valence-corrected chi connectivity index (χ2v) is 4.94. The van der Waals surface area contributed by atoms with Gasteiger partial charge < -0.3 is 5.32 Å². The zero-order valence-electron chi connectivity index (χ0n) is 9.24. The molecule has 1 amide bonds. The molecule has 0 atom stereocenters. The van der Waals surface area contributed by atoms with E-state index in [2.05, 4.69) is 10.3 Å². The fourth-order valence-electron chi connectivity index (χ4n) is 1.37. The van der Waals surface area contributed by atoms with Gasteiger partial charge in [0.15, 0.2) is 0 Å². The Bertz CT molecular complexity index is 539. The van der Waals surface area contributed by atoms with E-state index >= 15 is 0 Å². The van der Waals surface area contributed by atoms with Crippen molar-refractivity contribution >= 4 is 28.8 Å². The van der Waals surface area contributed by atoms with Gasteiger partial charge in [-0.15, -0.1) is 11.3 Å². The Hall–Kier alpha value is -1.39. The molecule has 0 unspecified atom stereocenters. The molecule has 88 valence electrons. The van der Waals surface area contributed by atoms with Gasteiger partial charge in [0.2, 0.25) is 0 Å². The predicted molar refractivity (Wildman–Crippen MR) is 69.5 cm³/mol. The van der Waals surface area contributed by atoms with Gasteiger partial charge in [-0.2, -0.15) is 0 Å². The van der Waals surface area contributed by atoms with E-state index in [9.17, 15) is 4.79 Å². The van der Waals surface area contributed by atoms with Crippen molar-refractivity contribution in [2.24, 2.45) is 0 Å². The van der Waals surface area contributed by atoms with Gasteiger partial charge in [0.25, 0.3) is 5.91 Å². The van der Waals surface area contributed by atoms with E-state index in [0.29, 0.717) is 17.4 Å². The molecule has 17 heavy (non-hydrogen) atoms. The molecule has 1 N–H and O–H groups in total. The topological polar surface area (TPSA) is 42.0 Å². The number of carbonyl (C=O) groups is 1. The second kappa shape index (κ2) is 5.29. The third-order valence-electron chi connectivity index (χ3n) is 2.33. The molecular weight excluding hydrogens is 256 g/mol. The Balaban J connectivity index is 2.01. The van der Waals surface area contributed by atoms with Crippen LogP contribution in [0.4, 0.5) is 0 Å². The molecule has 2 aromatic heterocycles. The third-order valence-corrected chi connectivity index (χ3v) is 3.56. The lowest BCUT2D eigenvalue weighted by atomic mass is 10.3. The summed E-state index contributed by atoms with van der Waals surface area (Å²) < 4.78 is 0. The van der Waals surface area contributed by atoms with E-state index in [4.69, 9.17) is 11.6 Å². The van der Waals surface area contributed by atoms with E-state index in [1.165, 1.54) is 5.56 Å². The van der Waals surface area contributed by atoms with Gasteiger partial charge >= 0.3 is 0 Å². The minimum absolute atomic E-state index is 0.208. The van der Waals surface area contributed by atoms with Crippen LogP contribution in [0.3, 0.4) is 0 Å². The molecule has 0 fully saturated rings. The molecule has 0 aliphatic carbocycles. The van der Waals surface area contributed by atoms with Gasteiger partial charge in [-0.05, 0) is 36.1 Å². The van der Waals surface area contributed by atoms with Crippen molar-refractivity contribution in [3.63, 3.8) is 0 Å². The third kappa shape index (κ3) is 3.05. The first-order chi connectivity index (χ1) is 8.16. The van der Waals surface area contributed by atoms with Crippen molar-refractivity contribution in [1.82, 2.24) is 10.3 Å². The number of pyridine rings is 1. The van der Waals surface area contributed by atoms with E-state index in [1.807, 2.05) is 18.4 Å². The van der Waals surface area contributed by atoms with Gasteiger partial charge in [0, 0.05) is 4.88 Å². The SMILES string of the molecule is Cc1ccsc1CNC(=O)c1cccc(Cl)n1. The molecule has 3 nitrogen and oxygen atoms in total. The first kappa shape index (κ1) is 12.1. The summed E-state index contributed by atoms with van der Waals surface area (Å²) in [4.78, 5) is 16.9. The number of aromatic nitrogens is 1. The van der Waals surface area contributed by atoms with Gasteiger partial charge in [-0.3, -0.25) is 4.79 Å². The summed E-state index contributed by atoms with van der Waals surface area (Å²) in [5.74, 6) is -0.208. The zero-order chi connectivity index (χ0) is 12.3. The molecule has 0 aromatic carbocycles. The summed E-state index contributed by atoms with van der Waals surface area (Å²) in [6, 6.07) is 7.02. The molecule has 0 aliphatic heterocycles. The summed E-state index contributed by atoms with van der Waals surface area (Å²) in [5, 5.41) is 5.15. The zero-order valence-corrected chi connectivity index (χ0v) is 10.8. The summed E-state index contributed by atoms with van der Waals surface area (Å²) >= 11 is 7.35. The Morgan fingerprint density at radius 1 is 1.47 bits per heavy atom. The first-order valence-electron chi connectivity index (χ1n) is 5.10. The quantitative estimate of drug-likeness (QED) is 0.868. The highest BCUT2D eigenvalue weighted by Crippen LogP contribution is 2.15. The number of hydrogen-bond donors (Lipinski definition) is 1. The number of rotatable bonds is 3. The molecule has 0 saturated heterocycles. The number of thiophene rings is 1. The highest BCUT2D eigenvalue weighted by molar-refractivity contribution is 7.10. The fourth-order valence-corrected chi connectivity index (χ4v) is 2.38. The highest BCUT2D eigenvalue weighted by atomic mass is 35.5. The highest BCUT2D eigenvalue weighted by Gasteiger charge is 2.08. The second-order valence-electron chi connectivity index (χ2n) is 3.56. The van der Waals surface area contributed by atoms with Crippen LogP contribution >= 0.6 is 22.9 Å². The molecule has 0 aliphatic rings. The minimum atomic E-state index is -0.208. The van der Waals surface area contributed by atoms with Crippen LogP contribution in [-0.4, -0.2) is 10.9 Å². The average Bonchev–Trinajstić information content (AvgIpc) is 2.72. The van der Waals surface area contributed by atoms with E-state index in [0.717, 1.165) is 4.88 Å². The van der Waals surface area contributed by atoms with Crippen molar-refractivity contribution in [3.05, 3.63) is 50.9 Å². The lowest BCUT2D eigenvalue weighted by Gasteiger charge is -2.04. The van der Waals surface area contributed by atoms with Gasteiger partial charge in [-0.25, -0.2) is 4.98 Å². The Kier molecular flexibility index (Phi) is 3.76. The van der Waals surface area contributed by atoms with Gasteiger partial charge in [-0.1, -0.05) is 17.7 Å². The van der Waals surface area contributed by atoms with Crippen LogP contribution in [0.1, 0.15) is 20.9 Å². The van der Waals surface area contributed by atoms with Gasteiger partial charge in [0.1, 0.15) is 10.8 Å².